The maximum absolute atomic E-state index is 12.1. The van der Waals surface area contributed by atoms with E-state index in [1.807, 2.05) is 4.90 Å². The van der Waals surface area contributed by atoms with E-state index >= 15 is 0 Å². The van der Waals surface area contributed by atoms with Crippen molar-refractivity contribution in [2.45, 2.75) is 58.5 Å². The SMILES string of the molecule is CCCNC1CCCN(C(C)CC)C1=O. The average molecular weight is 212 g/mol. The molecule has 1 rings (SSSR count). The number of hydrogen-bond donors (Lipinski definition) is 1. The summed E-state index contributed by atoms with van der Waals surface area (Å²) in [5.41, 5.74) is 0. The topological polar surface area (TPSA) is 32.3 Å². The van der Waals surface area contributed by atoms with Gasteiger partial charge in [-0.2, -0.15) is 0 Å². The molecule has 1 aliphatic heterocycles. The van der Waals surface area contributed by atoms with Crippen molar-refractivity contribution >= 4 is 5.91 Å². The van der Waals surface area contributed by atoms with Crippen molar-refractivity contribution in [2.24, 2.45) is 0 Å². The predicted molar refractivity (Wildman–Crippen MR) is 62.8 cm³/mol. The lowest BCUT2D eigenvalue weighted by Crippen LogP contribution is -2.53. The highest BCUT2D eigenvalue weighted by Gasteiger charge is 2.30. The lowest BCUT2D eigenvalue weighted by atomic mass is 10.0. The van der Waals surface area contributed by atoms with E-state index in [1.54, 1.807) is 0 Å². The third-order valence-corrected chi connectivity index (χ3v) is 3.24. The molecule has 3 nitrogen and oxygen atoms in total. The van der Waals surface area contributed by atoms with Crippen LogP contribution >= 0.6 is 0 Å². The second-order valence-electron chi connectivity index (χ2n) is 4.44. The minimum absolute atomic E-state index is 0.0766. The Labute approximate surface area is 93.2 Å². The smallest absolute Gasteiger partial charge is 0.239 e. The van der Waals surface area contributed by atoms with Crippen molar-refractivity contribution in [3.63, 3.8) is 0 Å². The fourth-order valence-corrected chi connectivity index (χ4v) is 2.07. The zero-order chi connectivity index (χ0) is 11.3. The van der Waals surface area contributed by atoms with E-state index < -0.39 is 0 Å². The maximum Gasteiger partial charge on any atom is 0.239 e. The first-order valence-corrected chi connectivity index (χ1v) is 6.24. The normalized spacial score (nSPS) is 24.3. The maximum atomic E-state index is 12.1. The third kappa shape index (κ3) is 3.20. The summed E-state index contributed by atoms with van der Waals surface area (Å²) in [5, 5.41) is 3.34. The molecule has 0 aliphatic carbocycles. The van der Waals surface area contributed by atoms with E-state index in [9.17, 15) is 4.79 Å². The molecule has 3 heteroatoms. The quantitative estimate of drug-likeness (QED) is 0.753. The molecule has 0 saturated carbocycles. The van der Waals surface area contributed by atoms with Gasteiger partial charge in [0.05, 0.1) is 6.04 Å². The first kappa shape index (κ1) is 12.5. The van der Waals surface area contributed by atoms with Crippen molar-refractivity contribution in [1.82, 2.24) is 10.2 Å². The number of nitrogens with zero attached hydrogens (tertiary/aromatic N) is 1. The summed E-state index contributed by atoms with van der Waals surface area (Å²) in [6, 6.07) is 0.469. The molecule has 1 saturated heterocycles. The van der Waals surface area contributed by atoms with Gasteiger partial charge in [-0.05, 0) is 39.2 Å². The Bertz CT molecular complexity index is 206. The second-order valence-corrected chi connectivity index (χ2v) is 4.44. The molecule has 88 valence electrons. The number of carbonyl (C=O) groups excluding carboxylic acids is 1. The predicted octanol–water partition coefficient (Wildman–Crippen LogP) is 1.78. The largest absolute Gasteiger partial charge is 0.339 e. The molecule has 2 unspecified atom stereocenters. The molecule has 0 aromatic carbocycles. The summed E-state index contributed by atoms with van der Waals surface area (Å²) in [7, 11) is 0. The highest BCUT2D eigenvalue weighted by molar-refractivity contribution is 5.82. The van der Waals surface area contributed by atoms with Gasteiger partial charge in [0.2, 0.25) is 5.91 Å². The summed E-state index contributed by atoms with van der Waals surface area (Å²) in [6.07, 6.45) is 4.28. The summed E-state index contributed by atoms with van der Waals surface area (Å²) in [4.78, 5) is 14.1. The third-order valence-electron chi connectivity index (χ3n) is 3.24. The number of piperidine rings is 1. The minimum atomic E-state index is 0.0766. The average Bonchev–Trinajstić information content (AvgIpc) is 2.27. The summed E-state index contributed by atoms with van der Waals surface area (Å²) in [5.74, 6) is 0.309. The Morgan fingerprint density at radius 2 is 2.27 bits per heavy atom. The first-order valence-electron chi connectivity index (χ1n) is 6.24. The van der Waals surface area contributed by atoms with Gasteiger partial charge in [0.25, 0.3) is 0 Å². The molecule has 0 bridgehead atoms. The van der Waals surface area contributed by atoms with Crippen molar-refractivity contribution < 1.29 is 4.79 Å². The number of amides is 1. The van der Waals surface area contributed by atoms with Crippen LogP contribution in [0.4, 0.5) is 0 Å². The van der Waals surface area contributed by atoms with Gasteiger partial charge >= 0.3 is 0 Å². The van der Waals surface area contributed by atoms with Crippen LogP contribution < -0.4 is 5.32 Å². The van der Waals surface area contributed by atoms with E-state index in [2.05, 4.69) is 26.1 Å². The van der Waals surface area contributed by atoms with Crippen LogP contribution in [-0.4, -0.2) is 36.0 Å². The van der Waals surface area contributed by atoms with Crippen LogP contribution in [0, 0.1) is 0 Å². The molecule has 0 aromatic heterocycles. The van der Waals surface area contributed by atoms with Gasteiger partial charge < -0.3 is 10.2 Å². The van der Waals surface area contributed by atoms with Gasteiger partial charge in [-0.25, -0.2) is 0 Å². The van der Waals surface area contributed by atoms with Crippen molar-refractivity contribution in [3.8, 4) is 0 Å². The molecular weight excluding hydrogens is 188 g/mol. The van der Waals surface area contributed by atoms with Crippen LogP contribution in [0.1, 0.15) is 46.5 Å². The van der Waals surface area contributed by atoms with Crippen LogP contribution in [0.25, 0.3) is 0 Å². The van der Waals surface area contributed by atoms with Crippen LogP contribution in [0.15, 0.2) is 0 Å². The number of likely N-dealkylation sites (tertiary alicyclic amines) is 1. The molecule has 1 amide bonds. The Morgan fingerprint density at radius 3 is 2.87 bits per heavy atom. The molecule has 1 heterocycles. The number of hydrogen-bond acceptors (Lipinski definition) is 2. The highest BCUT2D eigenvalue weighted by atomic mass is 16.2. The van der Waals surface area contributed by atoms with E-state index in [4.69, 9.17) is 0 Å². The Morgan fingerprint density at radius 1 is 1.53 bits per heavy atom. The van der Waals surface area contributed by atoms with Crippen LogP contribution in [0.5, 0.6) is 0 Å². The summed E-state index contributed by atoms with van der Waals surface area (Å²) < 4.78 is 0. The Kier molecular flexibility index (Phi) is 5.09. The summed E-state index contributed by atoms with van der Waals surface area (Å²) >= 11 is 0. The van der Waals surface area contributed by atoms with E-state index in [0.717, 1.165) is 38.8 Å². The van der Waals surface area contributed by atoms with Crippen LogP contribution in [0.2, 0.25) is 0 Å². The monoisotopic (exact) mass is 212 g/mol. The van der Waals surface area contributed by atoms with Crippen LogP contribution in [0.3, 0.4) is 0 Å². The summed E-state index contributed by atoms with van der Waals surface area (Å²) in [6.45, 7) is 8.30. The minimum Gasteiger partial charge on any atom is -0.339 e. The van der Waals surface area contributed by atoms with E-state index in [1.165, 1.54) is 0 Å². The van der Waals surface area contributed by atoms with Crippen LogP contribution in [-0.2, 0) is 4.79 Å². The molecule has 0 radical (unpaired) electrons. The van der Waals surface area contributed by atoms with Crippen molar-refractivity contribution in [1.29, 1.82) is 0 Å². The van der Waals surface area contributed by atoms with Crippen molar-refractivity contribution in [3.05, 3.63) is 0 Å². The van der Waals surface area contributed by atoms with Crippen molar-refractivity contribution in [2.75, 3.05) is 13.1 Å². The molecule has 2 atom stereocenters. The Balaban J connectivity index is 2.50. The van der Waals surface area contributed by atoms with Gasteiger partial charge in [-0.1, -0.05) is 13.8 Å². The number of rotatable bonds is 5. The number of nitrogens with one attached hydrogen (secondary N) is 1. The molecule has 1 N–H and O–H groups in total. The molecule has 15 heavy (non-hydrogen) atoms. The second kappa shape index (κ2) is 6.11. The first-order chi connectivity index (χ1) is 7.20. The zero-order valence-electron chi connectivity index (χ0n) is 10.3. The lowest BCUT2D eigenvalue weighted by Gasteiger charge is -2.36. The van der Waals surface area contributed by atoms with Gasteiger partial charge in [0.1, 0.15) is 0 Å². The zero-order valence-corrected chi connectivity index (χ0v) is 10.3. The molecular formula is C12H24N2O. The van der Waals surface area contributed by atoms with Gasteiger partial charge in [0.15, 0.2) is 0 Å². The van der Waals surface area contributed by atoms with E-state index in [0.29, 0.717) is 11.9 Å². The van der Waals surface area contributed by atoms with Gasteiger partial charge in [0, 0.05) is 12.6 Å². The molecule has 0 spiro atoms. The fraction of sp³-hybridized carbons (Fsp3) is 0.917. The van der Waals surface area contributed by atoms with Gasteiger partial charge in [-0.3, -0.25) is 4.79 Å². The van der Waals surface area contributed by atoms with Gasteiger partial charge in [-0.15, -0.1) is 0 Å². The lowest BCUT2D eigenvalue weighted by molar-refractivity contribution is -0.138. The fourth-order valence-electron chi connectivity index (χ4n) is 2.07. The standard InChI is InChI=1S/C12H24N2O/c1-4-8-13-11-7-6-9-14(12(11)15)10(3)5-2/h10-11,13H,4-9H2,1-3H3. The molecule has 0 aromatic rings. The highest BCUT2D eigenvalue weighted by Crippen LogP contribution is 2.16. The van der Waals surface area contributed by atoms with E-state index in [-0.39, 0.29) is 6.04 Å². The Hall–Kier alpha value is -0.570. The number of carbonyl (C=O) groups is 1. The molecule has 1 fully saturated rings. The molecule has 1 aliphatic rings.